The van der Waals surface area contributed by atoms with Crippen LogP contribution in [0.25, 0.3) is 11.4 Å². The van der Waals surface area contributed by atoms with E-state index in [1.807, 2.05) is 24.3 Å². The molecular formula is C19H19N5O2. The Kier molecular flexibility index (Phi) is 4.45. The van der Waals surface area contributed by atoms with E-state index in [1.165, 1.54) is 5.56 Å². The zero-order valence-corrected chi connectivity index (χ0v) is 14.4. The van der Waals surface area contributed by atoms with Crippen LogP contribution in [0.1, 0.15) is 36.4 Å². The number of pyridine rings is 1. The molecule has 4 rings (SSSR count). The SMILES string of the molecule is C[C@@H](NCc1nc(-c2cccnc2)no1)c1ccc2c(c1)CCC(=O)N2. The lowest BCUT2D eigenvalue weighted by Crippen LogP contribution is -2.21. The minimum absolute atomic E-state index is 0.0808. The van der Waals surface area contributed by atoms with Crippen molar-refractivity contribution in [2.45, 2.75) is 32.4 Å². The average Bonchev–Trinajstić information content (AvgIpc) is 3.15. The summed E-state index contributed by atoms with van der Waals surface area (Å²) in [4.78, 5) is 19.9. The molecular weight excluding hydrogens is 330 g/mol. The van der Waals surface area contributed by atoms with Crippen molar-refractivity contribution in [3.8, 4) is 11.4 Å². The van der Waals surface area contributed by atoms with Gasteiger partial charge in [-0.1, -0.05) is 17.3 Å². The maximum absolute atomic E-state index is 11.5. The highest BCUT2D eigenvalue weighted by Gasteiger charge is 2.17. The Morgan fingerprint density at radius 2 is 2.23 bits per heavy atom. The number of nitrogens with zero attached hydrogens (tertiary/aromatic N) is 3. The maximum Gasteiger partial charge on any atom is 0.240 e. The molecule has 0 bridgehead atoms. The summed E-state index contributed by atoms with van der Waals surface area (Å²) >= 11 is 0. The molecule has 0 spiro atoms. The molecule has 0 aliphatic carbocycles. The summed E-state index contributed by atoms with van der Waals surface area (Å²) in [7, 11) is 0. The van der Waals surface area contributed by atoms with Gasteiger partial charge in [0.15, 0.2) is 0 Å². The number of carbonyl (C=O) groups excluding carboxylic acids is 1. The van der Waals surface area contributed by atoms with Crippen molar-refractivity contribution in [3.05, 3.63) is 59.7 Å². The lowest BCUT2D eigenvalue weighted by molar-refractivity contribution is -0.116. The predicted molar refractivity (Wildman–Crippen MR) is 96.2 cm³/mol. The summed E-state index contributed by atoms with van der Waals surface area (Å²) in [6.45, 7) is 2.56. The Hall–Kier alpha value is -3.06. The molecule has 0 unspecified atom stereocenters. The molecule has 0 saturated carbocycles. The van der Waals surface area contributed by atoms with Crippen LogP contribution in [-0.2, 0) is 17.8 Å². The third-order valence-corrected chi connectivity index (χ3v) is 4.47. The summed E-state index contributed by atoms with van der Waals surface area (Å²) in [5.41, 5.74) is 4.07. The fourth-order valence-electron chi connectivity index (χ4n) is 2.97. The van der Waals surface area contributed by atoms with Gasteiger partial charge in [-0.15, -0.1) is 0 Å². The van der Waals surface area contributed by atoms with Crippen LogP contribution in [0.15, 0.2) is 47.2 Å². The second-order valence-electron chi connectivity index (χ2n) is 6.32. The van der Waals surface area contributed by atoms with Crippen LogP contribution in [0.4, 0.5) is 5.69 Å². The maximum atomic E-state index is 11.5. The predicted octanol–water partition coefficient (Wildman–Crippen LogP) is 2.87. The van der Waals surface area contributed by atoms with E-state index >= 15 is 0 Å². The van der Waals surface area contributed by atoms with Gasteiger partial charge in [0, 0.05) is 36.1 Å². The Morgan fingerprint density at radius 1 is 1.31 bits per heavy atom. The van der Waals surface area contributed by atoms with Crippen molar-refractivity contribution in [2.75, 3.05) is 5.32 Å². The molecule has 1 amide bonds. The first-order valence-corrected chi connectivity index (χ1v) is 8.58. The van der Waals surface area contributed by atoms with E-state index < -0.39 is 0 Å². The van der Waals surface area contributed by atoms with Crippen LogP contribution < -0.4 is 10.6 Å². The zero-order chi connectivity index (χ0) is 17.9. The molecule has 1 aliphatic heterocycles. The fraction of sp³-hybridized carbons (Fsp3) is 0.263. The number of amides is 1. The topological polar surface area (TPSA) is 92.9 Å². The molecule has 26 heavy (non-hydrogen) atoms. The van der Waals surface area contributed by atoms with Crippen molar-refractivity contribution >= 4 is 11.6 Å². The van der Waals surface area contributed by atoms with Crippen LogP contribution >= 0.6 is 0 Å². The number of nitrogens with one attached hydrogen (secondary N) is 2. The zero-order valence-electron chi connectivity index (χ0n) is 14.4. The third kappa shape index (κ3) is 3.48. The van der Waals surface area contributed by atoms with E-state index in [0.29, 0.717) is 24.7 Å². The highest BCUT2D eigenvalue weighted by Crippen LogP contribution is 2.26. The smallest absolute Gasteiger partial charge is 0.240 e. The summed E-state index contributed by atoms with van der Waals surface area (Å²) in [6.07, 6.45) is 4.73. The molecule has 0 radical (unpaired) electrons. The molecule has 132 valence electrons. The van der Waals surface area contributed by atoms with Gasteiger partial charge in [-0.05, 0) is 42.7 Å². The third-order valence-electron chi connectivity index (χ3n) is 4.47. The van der Waals surface area contributed by atoms with Gasteiger partial charge in [-0.3, -0.25) is 9.78 Å². The molecule has 1 atom stereocenters. The normalized spacial score (nSPS) is 14.6. The minimum Gasteiger partial charge on any atom is -0.338 e. The first kappa shape index (κ1) is 16.4. The summed E-state index contributed by atoms with van der Waals surface area (Å²) in [5, 5.41) is 10.3. The van der Waals surface area contributed by atoms with Crippen LogP contribution in [0.5, 0.6) is 0 Å². The number of fused-ring (bicyclic) bond motifs is 1. The second kappa shape index (κ2) is 7.05. The van der Waals surface area contributed by atoms with Gasteiger partial charge in [0.2, 0.25) is 17.6 Å². The number of rotatable bonds is 5. The summed E-state index contributed by atoms with van der Waals surface area (Å²) in [5.74, 6) is 1.14. The molecule has 2 N–H and O–H groups in total. The van der Waals surface area contributed by atoms with E-state index in [2.05, 4.69) is 38.7 Å². The van der Waals surface area contributed by atoms with Crippen molar-refractivity contribution in [3.63, 3.8) is 0 Å². The number of carbonyl (C=O) groups is 1. The molecule has 1 aliphatic rings. The number of benzene rings is 1. The van der Waals surface area contributed by atoms with Gasteiger partial charge in [0.1, 0.15) is 0 Å². The lowest BCUT2D eigenvalue weighted by atomic mass is 9.98. The van der Waals surface area contributed by atoms with E-state index in [0.717, 1.165) is 23.2 Å². The van der Waals surface area contributed by atoms with Gasteiger partial charge in [0.05, 0.1) is 6.54 Å². The van der Waals surface area contributed by atoms with E-state index in [-0.39, 0.29) is 11.9 Å². The Balaban J connectivity index is 1.41. The number of aryl methyl sites for hydroxylation is 1. The first-order valence-electron chi connectivity index (χ1n) is 8.58. The number of aromatic nitrogens is 3. The van der Waals surface area contributed by atoms with Gasteiger partial charge >= 0.3 is 0 Å². The van der Waals surface area contributed by atoms with E-state index in [1.54, 1.807) is 12.4 Å². The van der Waals surface area contributed by atoms with Gasteiger partial charge in [-0.2, -0.15) is 4.98 Å². The lowest BCUT2D eigenvalue weighted by Gasteiger charge is -2.20. The number of hydrogen-bond acceptors (Lipinski definition) is 6. The van der Waals surface area contributed by atoms with Gasteiger partial charge in [0.25, 0.3) is 0 Å². The Morgan fingerprint density at radius 3 is 3.08 bits per heavy atom. The Bertz CT molecular complexity index is 923. The van der Waals surface area contributed by atoms with Crippen molar-refractivity contribution in [2.24, 2.45) is 0 Å². The minimum atomic E-state index is 0.0808. The molecule has 0 fully saturated rings. The fourth-order valence-corrected chi connectivity index (χ4v) is 2.97. The number of anilines is 1. The standard InChI is InChI=1S/C19H19N5O2/c1-12(13-4-6-16-14(9-13)5-7-17(25)22-16)21-11-18-23-19(24-26-18)15-3-2-8-20-10-15/h2-4,6,8-10,12,21H,5,7,11H2,1H3,(H,22,25)/t12-/m1/s1. The van der Waals surface area contributed by atoms with Gasteiger partial charge < -0.3 is 15.2 Å². The van der Waals surface area contributed by atoms with Crippen molar-refractivity contribution in [1.29, 1.82) is 0 Å². The van der Waals surface area contributed by atoms with E-state index in [9.17, 15) is 4.79 Å². The van der Waals surface area contributed by atoms with Crippen molar-refractivity contribution < 1.29 is 9.32 Å². The molecule has 3 heterocycles. The Labute approximate surface area is 150 Å². The quantitative estimate of drug-likeness (QED) is 0.736. The second-order valence-corrected chi connectivity index (χ2v) is 6.32. The monoisotopic (exact) mass is 349 g/mol. The highest BCUT2D eigenvalue weighted by atomic mass is 16.5. The molecule has 2 aromatic heterocycles. The largest absolute Gasteiger partial charge is 0.338 e. The molecule has 3 aromatic rings. The molecule has 0 saturated heterocycles. The van der Waals surface area contributed by atoms with Crippen LogP contribution in [0.3, 0.4) is 0 Å². The number of hydrogen-bond donors (Lipinski definition) is 2. The van der Waals surface area contributed by atoms with Crippen LogP contribution in [-0.4, -0.2) is 21.0 Å². The van der Waals surface area contributed by atoms with Gasteiger partial charge in [-0.25, -0.2) is 0 Å². The summed E-state index contributed by atoms with van der Waals surface area (Å²) < 4.78 is 5.31. The summed E-state index contributed by atoms with van der Waals surface area (Å²) in [6, 6.07) is 9.98. The van der Waals surface area contributed by atoms with Crippen molar-refractivity contribution in [1.82, 2.24) is 20.4 Å². The van der Waals surface area contributed by atoms with Crippen LogP contribution in [0.2, 0.25) is 0 Å². The molecule has 1 aromatic carbocycles. The average molecular weight is 349 g/mol. The first-order chi connectivity index (χ1) is 12.7. The molecule has 7 nitrogen and oxygen atoms in total. The molecule has 7 heteroatoms. The highest BCUT2D eigenvalue weighted by molar-refractivity contribution is 5.93. The van der Waals surface area contributed by atoms with E-state index in [4.69, 9.17) is 4.52 Å². The van der Waals surface area contributed by atoms with Crippen LogP contribution in [0, 0.1) is 0 Å².